The van der Waals surface area contributed by atoms with Crippen molar-refractivity contribution < 1.29 is 20.1 Å². The molecule has 0 saturated carbocycles. The molecule has 6 heteroatoms. The van der Waals surface area contributed by atoms with Crippen LogP contribution in [0, 0.1) is 0 Å². The van der Waals surface area contributed by atoms with Gasteiger partial charge in [0, 0.05) is 0 Å². The van der Waals surface area contributed by atoms with Crippen LogP contribution in [0.25, 0.3) is 0 Å². The van der Waals surface area contributed by atoms with Crippen LogP contribution in [0.5, 0.6) is 0 Å². The van der Waals surface area contributed by atoms with Gasteiger partial charge in [-0.3, -0.25) is 0 Å². The second-order valence-corrected chi connectivity index (χ2v) is 9.87. The van der Waals surface area contributed by atoms with Gasteiger partial charge in [0.25, 0.3) is 0 Å². The largest absolute Gasteiger partial charge is 0.388 e. The fourth-order valence-corrected chi connectivity index (χ4v) is 4.07. The van der Waals surface area contributed by atoms with Gasteiger partial charge in [-0.25, -0.2) is 0 Å². The van der Waals surface area contributed by atoms with Crippen molar-refractivity contribution in [1.82, 2.24) is 0 Å². The Bertz CT molecular complexity index is 864. The van der Waals surface area contributed by atoms with Gasteiger partial charge in [0.05, 0.1) is 10.00 Å². The summed E-state index contributed by atoms with van der Waals surface area (Å²) in [5.74, 6) is 0. The lowest BCUT2D eigenvalue weighted by Gasteiger charge is -2.37. The van der Waals surface area contributed by atoms with E-state index in [0.717, 1.165) is 16.7 Å². The quantitative estimate of drug-likeness (QED) is 0.339. The Labute approximate surface area is 199 Å². The average molecular weight is 548 g/mol. The fraction of sp³-hybridized carbons (Fsp3) is 0.200. The maximum Gasteiger partial charge on any atom is 0.143 e. The molecular weight excluding hydrogens is 524 g/mol. The van der Waals surface area contributed by atoms with Gasteiger partial charge in [0.15, 0.2) is 0 Å². The summed E-state index contributed by atoms with van der Waals surface area (Å²) in [6.07, 6.45) is -2.66. The fourth-order valence-electron chi connectivity index (χ4n) is 3.53. The van der Waals surface area contributed by atoms with E-state index in [2.05, 4.69) is 31.9 Å². The first-order valence-corrected chi connectivity index (χ1v) is 11.4. The molecule has 3 atom stereocenters. The van der Waals surface area contributed by atoms with E-state index in [-0.39, 0.29) is 6.61 Å². The molecule has 0 aliphatic rings. The number of ether oxygens (including phenoxy) is 1. The molecule has 3 aromatic carbocycles. The molecule has 0 unspecified atom stereocenters. The minimum atomic E-state index is -1.43. The zero-order valence-electron chi connectivity index (χ0n) is 16.7. The maximum absolute atomic E-state index is 10.6. The van der Waals surface area contributed by atoms with Crippen LogP contribution in [0.1, 0.15) is 16.7 Å². The molecule has 3 aromatic rings. The lowest BCUT2D eigenvalue weighted by molar-refractivity contribution is -0.101. The third kappa shape index (κ3) is 5.71. The monoisotopic (exact) mass is 546 g/mol. The highest BCUT2D eigenvalue weighted by atomic mass is 79.9. The van der Waals surface area contributed by atoms with Crippen molar-refractivity contribution in [3.63, 3.8) is 0 Å². The minimum Gasteiger partial charge on any atom is -0.388 e. The molecular formula is C25H24Br2O4. The lowest BCUT2D eigenvalue weighted by Crippen LogP contribution is -2.42. The van der Waals surface area contributed by atoms with Crippen molar-refractivity contribution in [2.45, 2.75) is 23.9 Å². The van der Waals surface area contributed by atoms with E-state index in [1.165, 1.54) is 6.08 Å². The van der Waals surface area contributed by atoms with E-state index in [9.17, 15) is 15.3 Å². The Morgan fingerprint density at radius 1 is 0.742 bits per heavy atom. The summed E-state index contributed by atoms with van der Waals surface area (Å²) in [7, 11) is 0. The first kappa shape index (κ1) is 23.9. The third-order valence-electron chi connectivity index (χ3n) is 5.05. The number of rotatable bonds is 9. The van der Waals surface area contributed by atoms with Gasteiger partial charge in [0.2, 0.25) is 0 Å². The van der Waals surface area contributed by atoms with Crippen LogP contribution in [0.15, 0.2) is 100 Å². The Balaban J connectivity index is 2.03. The Morgan fingerprint density at radius 2 is 1.13 bits per heavy atom. The summed E-state index contributed by atoms with van der Waals surface area (Å²) in [4.78, 5) is 0. The second kappa shape index (κ2) is 11.2. The van der Waals surface area contributed by atoms with Gasteiger partial charge >= 0.3 is 0 Å². The zero-order valence-corrected chi connectivity index (χ0v) is 19.9. The highest BCUT2D eigenvalue weighted by molar-refractivity contribution is 9.28. The van der Waals surface area contributed by atoms with Crippen LogP contribution in [-0.2, 0) is 10.3 Å². The van der Waals surface area contributed by atoms with Crippen molar-refractivity contribution in [3.05, 3.63) is 117 Å². The molecule has 0 radical (unpaired) electrons. The van der Waals surface area contributed by atoms with E-state index in [1.807, 2.05) is 91.0 Å². The smallest absolute Gasteiger partial charge is 0.143 e. The molecule has 31 heavy (non-hydrogen) atoms. The molecule has 0 saturated heterocycles. The highest BCUT2D eigenvalue weighted by Gasteiger charge is 2.39. The van der Waals surface area contributed by atoms with Crippen molar-refractivity contribution in [2.24, 2.45) is 0 Å². The molecule has 0 heterocycles. The van der Waals surface area contributed by atoms with E-state index in [1.54, 1.807) is 0 Å². The SMILES string of the molecule is O[C@H]([C@H](O)COC(c1ccccc1)(c1ccccc1)c1ccccc1)[C@@H](O)C=C(Br)Br. The molecule has 3 N–H and O–H groups in total. The molecule has 0 aliphatic carbocycles. The van der Waals surface area contributed by atoms with Crippen LogP contribution in [0.3, 0.4) is 0 Å². The number of hydrogen-bond acceptors (Lipinski definition) is 4. The normalized spacial score (nSPS) is 14.5. The van der Waals surface area contributed by atoms with Gasteiger partial charge < -0.3 is 20.1 Å². The van der Waals surface area contributed by atoms with Gasteiger partial charge in [-0.2, -0.15) is 0 Å². The van der Waals surface area contributed by atoms with Gasteiger partial charge in [-0.15, -0.1) is 0 Å². The molecule has 0 aromatic heterocycles. The molecule has 0 spiro atoms. The Morgan fingerprint density at radius 3 is 1.48 bits per heavy atom. The van der Waals surface area contributed by atoms with Crippen molar-refractivity contribution in [1.29, 1.82) is 0 Å². The first-order valence-electron chi connectivity index (χ1n) is 9.82. The maximum atomic E-state index is 10.6. The molecule has 0 bridgehead atoms. The van der Waals surface area contributed by atoms with Gasteiger partial charge in [-0.05, 0) is 54.6 Å². The van der Waals surface area contributed by atoms with Crippen molar-refractivity contribution >= 4 is 31.9 Å². The summed E-state index contributed by atoms with van der Waals surface area (Å²) >= 11 is 6.30. The molecule has 3 rings (SSSR count). The third-order valence-corrected chi connectivity index (χ3v) is 5.58. The summed E-state index contributed by atoms with van der Waals surface area (Å²) < 4.78 is 6.94. The molecule has 162 valence electrons. The van der Waals surface area contributed by atoms with Gasteiger partial charge in [-0.1, -0.05) is 91.0 Å². The van der Waals surface area contributed by atoms with Crippen LogP contribution in [-0.4, -0.2) is 40.2 Å². The highest BCUT2D eigenvalue weighted by Crippen LogP contribution is 2.40. The molecule has 0 fully saturated rings. The van der Waals surface area contributed by atoms with Crippen LogP contribution in [0.2, 0.25) is 0 Å². The summed E-state index contributed by atoms with van der Waals surface area (Å²) in [5.41, 5.74) is 1.65. The van der Waals surface area contributed by atoms with E-state index in [4.69, 9.17) is 4.74 Å². The zero-order chi connectivity index (χ0) is 22.3. The first-order chi connectivity index (χ1) is 14.9. The predicted octanol–water partition coefficient (Wildman–Crippen LogP) is 4.71. The van der Waals surface area contributed by atoms with Crippen LogP contribution < -0.4 is 0 Å². The lowest BCUT2D eigenvalue weighted by atomic mass is 9.80. The van der Waals surface area contributed by atoms with Crippen LogP contribution in [0.4, 0.5) is 0 Å². The summed E-state index contributed by atoms with van der Waals surface area (Å²) in [6.45, 7) is -0.204. The second-order valence-electron chi connectivity index (χ2n) is 7.10. The molecule has 0 aliphatic heterocycles. The van der Waals surface area contributed by atoms with E-state index >= 15 is 0 Å². The standard InChI is InChI=1S/C25H24Br2O4/c26-23(27)16-21(28)24(30)22(29)17-31-25(18-10-4-1-5-11-18,19-12-6-2-7-13-19)20-14-8-3-9-15-20/h1-16,21-22,24,28-30H,17H2/t21-,22+,24-/m0/s1. The van der Waals surface area contributed by atoms with Crippen molar-refractivity contribution in [3.8, 4) is 0 Å². The van der Waals surface area contributed by atoms with Crippen molar-refractivity contribution in [2.75, 3.05) is 6.61 Å². The topological polar surface area (TPSA) is 69.9 Å². The number of aliphatic hydroxyl groups excluding tert-OH is 3. The average Bonchev–Trinajstić information content (AvgIpc) is 2.80. The number of aliphatic hydroxyl groups is 3. The number of benzene rings is 3. The Hall–Kier alpha value is -1.80. The molecule has 0 amide bonds. The number of hydrogen-bond donors (Lipinski definition) is 3. The summed E-state index contributed by atoms with van der Waals surface area (Å²) in [5, 5.41) is 31.1. The summed E-state index contributed by atoms with van der Waals surface area (Å²) in [6, 6.07) is 29.3. The van der Waals surface area contributed by atoms with E-state index < -0.39 is 23.9 Å². The molecule has 4 nitrogen and oxygen atoms in total. The number of halogens is 2. The minimum absolute atomic E-state index is 0.204. The predicted molar refractivity (Wildman–Crippen MR) is 129 cm³/mol. The van der Waals surface area contributed by atoms with E-state index in [0.29, 0.717) is 3.39 Å². The van der Waals surface area contributed by atoms with Crippen LogP contribution >= 0.6 is 31.9 Å². The Kier molecular flexibility index (Phi) is 8.60. The van der Waals surface area contributed by atoms with Gasteiger partial charge in [0.1, 0.15) is 23.9 Å².